The summed E-state index contributed by atoms with van der Waals surface area (Å²) in [6.45, 7) is 2.56. The van der Waals surface area contributed by atoms with Crippen molar-refractivity contribution in [2.75, 3.05) is 11.1 Å². The lowest BCUT2D eigenvalue weighted by Gasteiger charge is -2.10. The molecule has 0 aliphatic carbocycles. The second-order valence-electron chi connectivity index (χ2n) is 5.39. The first kappa shape index (κ1) is 15.9. The first-order valence-corrected chi connectivity index (χ1v) is 7.34. The number of rotatable bonds is 5. The van der Waals surface area contributed by atoms with Crippen molar-refractivity contribution in [2.24, 2.45) is 0 Å². The summed E-state index contributed by atoms with van der Waals surface area (Å²) in [5, 5.41) is 10.2. The van der Waals surface area contributed by atoms with E-state index in [1.165, 1.54) is 0 Å². The number of aryl methyl sites for hydroxylation is 1. The summed E-state index contributed by atoms with van der Waals surface area (Å²) in [5.74, 6) is -0.599. The number of nitrogens with one attached hydrogen (secondary N) is 1. The maximum Gasteiger partial charge on any atom is 0.314 e. The number of hydrogen-bond acceptors (Lipinski definition) is 5. The molecular weight excluding hydrogens is 314 g/mol. The lowest BCUT2D eigenvalue weighted by atomic mass is 10.1. The Kier molecular flexibility index (Phi) is 4.41. The van der Waals surface area contributed by atoms with Crippen molar-refractivity contribution in [3.63, 3.8) is 0 Å². The van der Waals surface area contributed by atoms with Crippen LogP contribution in [0.25, 0.3) is 11.5 Å². The Morgan fingerprint density at radius 2 is 1.88 bits per heavy atom. The molecule has 1 aromatic heterocycles. The van der Waals surface area contributed by atoms with Crippen LogP contribution in [0.3, 0.4) is 0 Å². The van der Waals surface area contributed by atoms with Crippen molar-refractivity contribution in [1.29, 1.82) is 0 Å². The predicted molar refractivity (Wildman–Crippen MR) is 87.6 cm³/mol. The maximum atomic E-state index is 12.5. The summed E-state index contributed by atoms with van der Waals surface area (Å²) < 4.78 is 29.9. The van der Waals surface area contributed by atoms with Crippen molar-refractivity contribution in [1.82, 2.24) is 10.2 Å². The molecule has 0 unspecified atom stereocenters. The van der Waals surface area contributed by atoms with Gasteiger partial charge in [0.15, 0.2) is 0 Å². The van der Waals surface area contributed by atoms with E-state index >= 15 is 0 Å². The van der Waals surface area contributed by atoms with Gasteiger partial charge in [-0.2, -0.15) is 8.78 Å². The van der Waals surface area contributed by atoms with Crippen molar-refractivity contribution in [2.45, 2.75) is 19.9 Å². The zero-order chi connectivity index (χ0) is 17.1. The van der Waals surface area contributed by atoms with Crippen LogP contribution in [0.1, 0.15) is 23.4 Å². The van der Waals surface area contributed by atoms with Gasteiger partial charge in [0.1, 0.15) is 0 Å². The van der Waals surface area contributed by atoms with Crippen molar-refractivity contribution in [3.8, 4) is 11.5 Å². The van der Waals surface area contributed by atoms with Crippen LogP contribution >= 0.6 is 0 Å². The van der Waals surface area contributed by atoms with E-state index in [1.807, 2.05) is 37.3 Å². The highest BCUT2D eigenvalue weighted by Gasteiger charge is 2.16. The third-order valence-corrected chi connectivity index (χ3v) is 3.52. The summed E-state index contributed by atoms with van der Waals surface area (Å²) in [6.07, 6.45) is -2.77. The molecule has 24 heavy (non-hydrogen) atoms. The molecule has 0 spiro atoms. The van der Waals surface area contributed by atoms with Crippen LogP contribution < -0.4 is 11.1 Å². The van der Waals surface area contributed by atoms with Crippen molar-refractivity contribution >= 4 is 11.4 Å². The largest absolute Gasteiger partial charge is 0.415 e. The van der Waals surface area contributed by atoms with Crippen LogP contribution in [-0.2, 0) is 6.54 Å². The molecule has 2 aromatic carbocycles. The number of nitrogen functional groups attached to an aromatic ring is 1. The minimum atomic E-state index is -2.77. The Bertz CT molecular complexity index is 831. The van der Waals surface area contributed by atoms with Crippen LogP contribution in [0.4, 0.5) is 20.2 Å². The number of hydrogen-bond donors (Lipinski definition) is 2. The highest BCUT2D eigenvalue weighted by atomic mass is 19.3. The Balaban J connectivity index is 1.68. The van der Waals surface area contributed by atoms with Gasteiger partial charge in [0.25, 0.3) is 5.89 Å². The van der Waals surface area contributed by atoms with E-state index in [1.54, 1.807) is 12.1 Å². The quantitative estimate of drug-likeness (QED) is 0.686. The van der Waals surface area contributed by atoms with E-state index in [0.717, 1.165) is 16.8 Å². The van der Waals surface area contributed by atoms with Crippen molar-refractivity contribution in [3.05, 3.63) is 59.5 Å². The molecule has 0 saturated carbocycles. The van der Waals surface area contributed by atoms with E-state index in [9.17, 15) is 8.78 Å². The highest BCUT2D eigenvalue weighted by Crippen LogP contribution is 2.24. The van der Waals surface area contributed by atoms with Gasteiger partial charge in [0.2, 0.25) is 5.89 Å². The molecule has 0 atom stereocenters. The summed E-state index contributed by atoms with van der Waals surface area (Å²) in [6, 6.07) is 13.0. The fourth-order valence-electron chi connectivity index (χ4n) is 2.25. The van der Waals surface area contributed by atoms with Gasteiger partial charge in [0, 0.05) is 12.1 Å². The molecule has 0 amide bonds. The predicted octanol–water partition coefficient (Wildman–Crippen LogP) is 4.18. The zero-order valence-corrected chi connectivity index (χ0v) is 13.0. The zero-order valence-electron chi connectivity index (χ0n) is 13.0. The number of alkyl halides is 2. The molecule has 3 aromatic rings. The number of anilines is 2. The second-order valence-corrected chi connectivity index (χ2v) is 5.39. The summed E-state index contributed by atoms with van der Waals surface area (Å²) in [5.41, 5.74) is 10.2. The molecule has 5 nitrogen and oxygen atoms in total. The van der Waals surface area contributed by atoms with Gasteiger partial charge in [-0.1, -0.05) is 18.2 Å². The van der Waals surface area contributed by atoms with Gasteiger partial charge < -0.3 is 15.5 Å². The second kappa shape index (κ2) is 6.66. The Labute approximate surface area is 137 Å². The molecular formula is C17H16F2N4O. The van der Waals surface area contributed by atoms with Crippen LogP contribution in [0.2, 0.25) is 0 Å². The molecule has 3 rings (SSSR count). The van der Waals surface area contributed by atoms with Crippen LogP contribution in [0.5, 0.6) is 0 Å². The Morgan fingerprint density at radius 1 is 1.12 bits per heavy atom. The molecule has 3 N–H and O–H groups in total. The van der Waals surface area contributed by atoms with Crippen LogP contribution in [0.15, 0.2) is 46.9 Å². The lowest BCUT2D eigenvalue weighted by molar-refractivity contribution is 0.116. The molecule has 124 valence electrons. The Hall–Kier alpha value is -2.96. The van der Waals surface area contributed by atoms with E-state index in [0.29, 0.717) is 17.8 Å². The average Bonchev–Trinajstić information content (AvgIpc) is 3.05. The molecule has 0 bridgehead atoms. The van der Waals surface area contributed by atoms with Gasteiger partial charge in [-0.25, -0.2) is 0 Å². The monoisotopic (exact) mass is 330 g/mol. The molecule has 0 aliphatic heterocycles. The normalized spacial score (nSPS) is 11.0. The molecule has 1 heterocycles. The van der Waals surface area contributed by atoms with Gasteiger partial charge in [-0.05, 0) is 42.3 Å². The maximum absolute atomic E-state index is 12.5. The summed E-state index contributed by atoms with van der Waals surface area (Å²) in [7, 11) is 0. The SMILES string of the molecule is Cc1ccc(NCc2ccc(-c3nnc(C(F)F)o3)cc2)c(N)c1. The fourth-order valence-corrected chi connectivity index (χ4v) is 2.25. The molecule has 0 fully saturated rings. The Morgan fingerprint density at radius 3 is 2.50 bits per heavy atom. The highest BCUT2D eigenvalue weighted by molar-refractivity contribution is 5.67. The van der Waals surface area contributed by atoms with Gasteiger partial charge >= 0.3 is 6.43 Å². The lowest BCUT2D eigenvalue weighted by Crippen LogP contribution is -2.02. The first-order chi connectivity index (χ1) is 11.5. The van der Waals surface area contributed by atoms with Gasteiger partial charge in [-0.15, -0.1) is 10.2 Å². The van der Waals surface area contributed by atoms with E-state index in [2.05, 4.69) is 15.5 Å². The van der Waals surface area contributed by atoms with Gasteiger partial charge in [-0.3, -0.25) is 0 Å². The molecule has 0 saturated heterocycles. The molecule has 7 heteroatoms. The van der Waals surface area contributed by atoms with E-state index < -0.39 is 12.3 Å². The minimum Gasteiger partial charge on any atom is -0.415 e. The van der Waals surface area contributed by atoms with Crippen LogP contribution in [0, 0.1) is 6.92 Å². The third kappa shape index (κ3) is 3.51. The van der Waals surface area contributed by atoms with Crippen molar-refractivity contribution < 1.29 is 13.2 Å². The molecule has 0 radical (unpaired) electrons. The third-order valence-electron chi connectivity index (χ3n) is 3.52. The number of aromatic nitrogens is 2. The number of nitrogens with zero attached hydrogens (tertiary/aromatic N) is 2. The first-order valence-electron chi connectivity index (χ1n) is 7.34. The smallest absolute Gasteiger partial charge is 0.314 e. The van der Waals surface area contributed by atoms with E-state index in [-0.39, 0.29) is 5.89 Å². The van der Waals surface area contributed by atoms with Gasteiger partial charge in [0.05, 0.1) is 11.4 Å². The summed E-state index contributed by atoms with van der Waals surface area (Å²) >= 11 is 0. The fraction of sp³-hybridized carbons (Fsp3) is 0.176. The van der Waals surface area contributed by atoms with Crippen LogP contribution in [-0.4, -0.2) is 10.2 Å². The average molecular weight is 330 g/mol. The number of nitrogens with two attached hydrogens (primary N) is 1. The minimum absolute atomic E-state index is 0.0765. The number of halogens is 2. The van der Waals surface area contributed by atoms with E-state index in [4.69, 9.17) is 10.2 Å². The number of benzene rings is 2. The topological polar surface area (TPSA) is 77.0 Å². The molecule has 0 aliphatic rings. The standard InChI is InChI=1S/C17H16F2N4O/c1-10-2-7-14(13(20)8-10)21-9-11-3-5-12(6-4-11)16-22-23-17(24-16)15(18)19/h2-8,15,21H,9,20H2,1H3. The summed E-state index contributed by atoms with van der Waals surface area (Å²) in [4.78, 5) is 0.